The Morgan fingerprint density at radius 2 is 1.49 bits per heavy atom. The van der Waals surface area contributed by atoms with E-state index in [4.69, 9.17) is 4.74 Å². The number of hydrogen-bond acceptors (Lipinski definition) is 6. The van der Waals surface area contributed by atoms with E-state index in [1.165, 1.54) is 18.3 Å². The SMILES string of the molecule is Cc1ccc(N(CC(=O)N/N=C\c2ccc(OC(=O)c3ccccc3)cc2)S(=O)(=O)c2ccccc2)cc1C. The zero-order chi connectivity index (χ0) is 27.8. The molecule has 0 radical (unpaired) electrons. The van der Waals surface area contributed by atoms with E-state index in [1.807, 2.05) is 26.0 Å². The molecule has 0 saturated heterocycles. The molecule has 0 aliphatic carbocycles. The standard InChI is InChI=1S/C30H27N3O5S/c1-22-13-16-26(19-23(22)2)33(39(36,37)28-11-7-4-8-12-28)21-29(34)32-31-20-24-14-17-27(18-15-24)38-30(35)25-9-5-3-6-10-25/h3-20H,21H2,1-2H3,(H,32,34)/b31-20-. The molecule has 39 heavy (non-hydrogen) atoms. The fourth-order valence-corrected chi connectivity index (χ4v) is 5.06. The van der Waals surface area contributed by atoms with Gasteiger partial charge in [-0.3, -0.25) is 9.10 Å². The van der Waals surface area contributed by atoms with Crippen molar-refractivity contribution in [3.05, 3.63) is 125 Å². The Morgan fingerprint density at radius 1 is 0.846 bits per heavy atom. The lowest BCUT2D eigenvalue weighted by molar-refractivity contribution is -0.119. The topological polar surface area (TPSA) is 105 Å². The summed E-state index contributed by atoms with van der Waals surface area (Å²) in [5, 5.41) is 3.96. The summed E-state index contributed by atoms with van der Waals surface area (Å²) < 4.78 is 33.3. The van der Waals surface area contributed by atoms with Crippen molar-refractivity contribution in [3.63, 3.8) is 0 Å². The first-order chi connectivity index (χ1) is 18.7. The second-order valence-electron chi connectivity index (χ2n) is 8.71. The molecule has 1 amide bonds. The lowest BCUT2D eigenvalue weighted by Gasteiger charge is -2.24. The first-order valence-corrected chi connectivity index (χ1v) is 13.5. The van der Waals surface area contributed by atoms with E-state index in [2.05, 4.69) is 10.5 Å². The molecule has 0 saturated carbocycles. The van der Waals surface area contributed by atoms with Gasteiger partial charge in [0.25, 0.3) is 15.9 Å². The maximum atomic E-state index is 13.4. The van der Waals surface area contributed by atoms with E-state index in [-0.39, 0.29) is 4.90 Å². The molecule has 8 nitrogen and oxygen atoms in total. The summed E-state index contributed by atoms with van der Waals surface area (Å²) in [4.78, 5) is 25.0. The minimum atomic E-state index is -4.01. The molecular weight excluding hydrogens is 514 g/mol. The van der Waals surface area contributed by atoms with Crippen molar-refractivity contribution in [3.8, 4) is 5.75 Å². The Morgan fingerprint density at radius 3 is 2.13 bits per heavy atom. The maximum Gasteiger partial charge on any atom is 0.343 e. The van der Waals surface area contributed by atoms with Crippen LogP contribution in [0.5, 0.6) is 5.75 Å². The third kappa shape index (κ3) is 6.97. The van der Waals surface area contributed by atoms with E-state index in [0.29, 0.717) is 22.6 Å². The molecule has 0 heterocycles. The normalized spacial score (nSPS) is 11.2. The summed E-state index contributed by atoms with van der Waals surface area (Å²) in [5.74, 6) is -0.722. The molecule has 0 aliphatic rings. The molecule has 0 spiro atoms. The van der Waals surface area contributed by atoms with Gasteiger partial charge in [-0.15, -0.1) is 0 Å². The van der Waals surface area contributed by atoms with Crippen molar-refractivity contribution >= 4 is 33.8 Å². The number of hydrazone groups is 1. The Kier molecular flexibility index (Phi) is 8.53. The Balaban J connectivity index is 1.43. The van der Waals surface area contributed by atoms with Crippen LogP contribution in [0.3, 0.4) is 0 Å². The van der Waals surface area contributed by atoms with Gasteiger partial charge in [0.1, 0.15) is 12.3 Å². The monoisotopic (exact) mass is 541 g/mol. The molecule has 4 aromatic rings. The van der Waals surface area contributed by atoms with E-state index in [9.17, 15) is 18.0 Å². The number of sulfonamides is 1. The first kappa shape index (κ1) is 27.3. The van der Waals surface area contributed by atoms with E-state index in [0.717, 1.165) is 15.4 Å². The van der Waals surface area contributed by atoms with Gasteiger partial charge in [0.05, 0.1) is 22.4 Å². The van der Waals surface area contributed by atoms with Gasteiger partial charge in [-0.05, 0) is 91.2 Å². The summed E-state index contributed by atoms with van der Waals surface area (Å²) >= 11 is 0. The molecule has 0 bridgehead atoms. The number of esters is 1. The molecule has 4 aromatic carbocycles. The summed E-state index contributed by atoms with van der Waals surface area (Å²) in [5.41, 5.74) is 5.75. The number of aryl methyl sites for hydroxylation is 2. The molecule has 0 unspecified atom stereocenters. The minimum absolute atomic E-state index is 0.0765. The zero-order valence-corrected chi connectivity index (χ0v) is 22.3. The number of nitrogens with zero attached hydrogens (tertiary/aromatic N) is 2. The van der Waals surface area contributed by atoms with Crippen molar-refractivity contribution in [2.24, 2.45) is 5.10 Å². The highest BCUT2D eigenvalue weighted by atomic mass is 32.2. The van der Waals surface area contributed by atoms with Crippen LogP contribution >= 0.6 is 0 Å². The highest BCUT2D eigenvalue weighted by molar-refractivity contribution is 7.92. The number of nitrogens with one attached hydrogen (secondary N) is 1. The lowest BCUT2D eigenvalue weighted by Crippen LogP contribution is -2.39. The predicted octanol–water partition coefficient (Wildman–Crippen LogP) is 4.87. The van der Waals surface area contributed by atoms with Crippen LogP contribution in [-0.2, 0) is 14.8 Å². The van der Waals surface area contributed by atoms with Crippen LogP contribution in [0.15, 0.2) is 113 Å². The molecular formula is C30H27N3O5S. The van der Waals surface area contributed by atoms with Gasteiger partial charge < -0.3 is 4.74 Å². The molecule has 0 fully saturated rings. The zero-order valence-electron chi connectivity index (χ0n) is 21.4. The van der Waals surface area contributed by atoms with E-state index >= 15 is 0 Å². The van der Waals surface area contributed by atoms with Crippen molar-refractivity contribution in [2.75, 3.05) is 10.8 Å². The Labute approximate surface area is 227 Å². The molecule has 4 rings (SSSR count). The van der Waals surface area contributed by atoms with Gasteiger partial charge in [0.15, 0.2) is 0 Å². The van der Waals surface area contributed by atoms with Gasteiger partial charge in [-0.1, -0.05) is 42.5 Å². The van der Waals surface area contributed by atoms with Gasteiger partial charge in [-0.2, -0.15) is 5.10 Å². The van der Waals surface area contributed by atoms with E-state index < -0.39 is 28.4 Å². The smallest absolute Gasteiger partial charge is 0.343 e. The van der Waals surface area contributed by atoms with Gasteiger partial charge in [0.2, 0.25) is 0 Å². The fraction of sp³-hybridized carbons (Fsp3) is 0.100. The molecule has 0 aliphatic heterocycles. The summed E-state index contributed by atoms with van der Waals surface area (Å²) in [7, 11) is -4.01. The summed E-state index contributed by atoms with van der Waals surface area (Å²) in [6, 6.07) is 28.4. The van der Waals surface area contributed by atoms with Crippen LogP contribution in [-0.4, -0.2) is 33.1 Å². The number of carbonyl (C=O) groups excluding carboxylic acids is 2. The van der Waals surface area contributed by atoms with Crippen LogP contribution in [0.2, 0.25) is 0 Å². The number of carbonyl (C=O) groups is 2. The lowest BCUT2D eigenvalue weighted by atomic mass is 10.1. The van der Waals surface area contributed by atoms with E-state index in [1.54, 1.807) is 78.9 Å². The highest BCUT2D eigenvalue weighted by Gasteiger charge is 2.27. The Hall–Kier alpha value is -4.76. The van der Waals surface area contributed by atoms with Crippen molar-refractivity contribution in [2.45, 2.75) is 18.7 Å². The Bertz CT molecular complexity index is 1590. The van der Waals surface area contributed by atoms with Crippen LogP contribution in [0.25, 0.3) is 0 Å². The predicted molar refractivity (Wildman–Crippen MR) is 150 cm³/mol. The van der Waals surface area contributed by atoms with Crippen LogP contribution < -0.4 is 14.5 Å². The number of benzene rings is 4. The van der Waals surface area contributed by atoms with Crippen LogP contribution in [0, 0.1) is 13.8 Å². The number of amides is 1. The molecule has 0 aromatic heterocycles. The van der Waals surface area contributed by atoms with Gasteiger partial charge in [-0.25, -0.2) is 18.6 Å². The first-order valence-electron chi connectivity index (χ1n) is 12.1. The van der Waals surface area contributed by atoms with Crippen molar-refractivity contribution in [1.82, 2.24) is 5.43 Å². The highest BCUT2D eigenvalue weighted by Crippen LogP contribution is 2.25. The fourth-order valence-electron chi connectivity index (χ4n) is 3.62. The largest absolute Gasteiger partial charge is 0.423 e. The van der Waals surface area contributed by atoms with Gasteiger partial charge >= 0.3 is 5.97 Å². The second-order valence-corrected chi connectivity index (χ2v) is 10.6. The minimum Gasteiger partial charge on any atom is -0.423 e. The molecule has 198 valence electrons. The third-order valence-corrected chi connectivity index (χ3v) is 7.69. The second kappa shape index (κ2) is 12.2. The average molecular weight is 542 g/mol. The van der Waals surface area contributed by atoms with Gasteiger partial charge in [0, 0.05) is 0 Å². The van der Waals surface area contributed by atoms with Crippen LogP contribution in [0.1, 0.15) is 27.0 Å². The number of ether oxygens (including phenoxy) is 1. The van der Waals surface area contributed by atoms with Crippen molar-refractivity contribution < 1.29 is 22.7 Å². The number of anilines is 1. The number of hydrogen-bond donors (Lipinski definition) is 1. The molecule has 1 N–H and O–H groups in total. The van der Waals surface area contributed by atoms with Crippen LogP contribution in [0.4, 0.5) is 5.69 Å². The maximum absolute atomic E-state index is 13.4. The summed E-state index contributed by atoms with van der Waals surface area (Å²) in [6.07, 6.45) is 1.41. The molecule has 9 heteroatoms. The average Bonchev–Trinajstić information content (AvgIpc) is 2.95. The summed E-state index contributed by atoms with van der Waals surface area (Å²) in [6.45, 7) is 3.34. The van der Waals surface area contributed by atoms with Crippen molar-refractivity contribution in [1.29, 1.82) is 0 Å². The molecule has 0 atom stereocenters. The number of rotatable bonds is 9. The quantitative estimate of drug-likeness (QED) is 0.141. The third-order valence-electron chi connectivity index (χ3n) is 5.90.